The van der Waals surface area contributed by atoms with Crippen LogP contribution in [0.5, 0.6) is 0 Å². The molecule has 0 heterocycles. The van der Waals surface area contributed by atoms with E-state index in [0.29, 0.717) is 23.7 Å². The average Bonchev–Trinajstić information content (AvgIpc) is 2.44. The summed E-state index contributed by atoms with van der Waals surface area (Å²) in [5.74, 6) is 1.14. The van der Waals surface area contributed by atoms with Crippen LogP contribution in [0.4, 0.5) is 0 Å². The Hall–Kier alpha value is -1.31. The van der Waals surface area contributed by atoms with Gasteiger partial charge in [-0.25, -0.2) is 0 Å². The molecule has 19 heavy (non-hydrogen) atoms. The predicted octanol–water partition coefficient (Wildman–Crippen LogP) is 2.81. The van der Waals surface area contributed by atoms with Crippen LogP contribution in [-0.2, 0) is 0 Å². The first-order valence-electron chi connectivity index (χ1n) is 6.34. The van der Waals surface area contributed by atoms with Crippen molar-refractivity contribution in [2.45, 2.75) is 19.4 Å². The SMILES string of the molecule is CCC(CSC)N(C)CC(=O)c1ccc(C#N)cc1. The van der Waals surface area contributed by atoms with Gasteiger partial charge in [-0.2, -0.15) is 17.0 Å². The summed E-state index contributed by atoms with van der Waals surface area (Å²) in [7, 11) is 1.99. The van der Waals surface area contributed by atoms with Crippen LogP contribution in [0.3, 0.4) is 0 Å². The van der Waals surface area contributed by atoms with Gasteiger partial charge in [0.25, 0.3) is 0 Å². The molecule has 0 saturated carbocycles. The minimum atomic E-state index is 0.103. The van der Waals surface area contributed by atoms with Crippen LogP contribution in [-0.4, -0.2) is 42.3 Å². The molecule has 0 N–H and O–H groups in total. The third-order valence-corrected chi connectivity index (χ3v) is 3.90. The summed E-state index contributed by atoms with van der Waals surface area (Å²) in [4.78, 5) is 14.3. The Labute approximate surface area is 119 Å². The maximum atomic E-state index is 12.1. The smallest absolute Gasteiger partial charge is 0.176 e. The lowest BCUT2D eigenvalue weighted by molar-refractivity contribution is 0.0925. The molecular formula is C15H20N2OS. The summed E-state index contributed by atoms with van der Waals surface area (Å²) in [6.45, 7) is 2.56. The third kappa shape index (κ3) is 4.70. The van der Waals surface area contributed by atoms with Crippen molar-refractivity contribution in [1.82, 2.24) is 4.90 Å². The van der Waals surface area contributed by atoms with Crippen molar-refractivity contribution in [1.29, 1.82) is 5.26 Å². The molecule has 0 aliphatic carbocycles. The number of benzene rings is 1. The lowest BCUT2D eigenvalue weighted by Gasteiger charge is -2.25. The zero-order valence-corrected chi connectivity index (χ0v) is 12.5. The first-order chi connectivity index (χ1) is 9.12. The van der Waals surface area contributed by atoms with Gasteiger partial charge in [-0.05, 0) is 31.9 Å². The van der Waals surface area contributed by atoms with Gasteiger partial charge in [-0.15, -0.1) is 0 Å². The zero-order valence-electron chi connectivity index (χ0n) is 11.7. The van der Waals surface area contributed by atoms with Gasteiger partial charge >= 0.3 is 0 Å². The highest BCUT2D eigenvalue weighted by molar-refractivity contribution is 7.98. The van der Waals surface area contributed by atoms with Crippen molar-refractivity contribution >= 4 is 17.5 Å². The lowest BCUT2D eigenvalue weighted by Crippen LogP contribution is -2.37. The summed E-state index contributed by atoms with van der Waals surface area (Å²) < 4.78 is 0. The van der Waals surface area contributed by atoms with Crippen molar-refractivity contribution in [3.8, 4) is 6.07 Å². The number of ketones is 1. The molecule has 1 unspecified atom stereocenters. The monoisotopic (exact) mass is 276 g/mol. The standard InChI is InChI=1S/C15H20N2OS/c1-4-14(11-19-3)17(2)10-15(18)13-7-5-12(9-16)6-8-13/h5-8,14H,4,10-11H2,1-3H3. The second-order valence-electron chi connectivity index (χ2n) is 4.54. The Kier molecular flexibility index (Phi) is 6.61. The van der Waals surface area contributed by atoms with Gasteiger partial charge in [0.05, 0.1) is 18.2 Å². The summed E-state index contributed by atoms with van der Waals surface area (Å²) in [5.41, 5.74) is 1.25. The number of Topliss-reactive ketones (excluding diaryl/α,β-unsaturated/α-hetero) is 1. The number of thioether (sulfide) groups is 1. The molecule has 0 fully saturated rings. The zero-order chi connectivity index (χ0) is 14.3. The normalized spacial score (nSPS) is 12.2. The van der Waals surface area contributed by atoms with E-state index >= 15 is 0 Å². The number of nitriles is 1. The Morgan fingerprint density at radius 3 is 2.53 bits per heavy atom. The Balaban J connectivity index is 2.65. The second-order valence-corrected chi connectivity index (χ2v) is 5.46. The van der Waals surface area contributed by atoms with E-state index in [-0.39, 0.29) is 5.78 Å². The number of nitrogens with zero attached hydrogens (tertiary/aromatic N) is 2. The van der Waals surface area contributed by atoms with Crippen molar-refractivity contribution < 1.29 is 4.79 Å². The van der Waals surface area contributed by atoms with Crippen LogP contribution in [0.2, 0.25) is 0 Å². The third-order valence-electron chi connectivity index (χ3n) is 3.18. The molecular weight excluding hydrogens is 256 g/mol. The van der Waals surface area contributed by atoms with Gasteiger partial charge < -0.3 is 0 Å². The second kappa shape index (κ2) is 7.98. The minimum Gasteiger partial charge on any atom is -0.295 e. The van der Waals surface area contributed by atoms with Crippen LogP contribution in [0, 0.1) is 11.3 Å². The fourth-order valence-electron chi connectivity index (χ4n) is 1.93. The van der Waals surface area contributed by atoms with Gasteiger partial charge in [0, 0.05) is 17.4 Å². The van der Waals surface area contributed by atoms with E-state index in [1.165, 1.54) is 0 Å². The van der Waals surface area contributed by atoms with E-state index in [4.69, 9.17) is 5.26 Å². The van der Waals surface area contributed by atoms with Crippen molar-refractivity contribution in [2.24, 2.45) is 0 Å². The first kappa shape index (κ1) is 15.7. The number of likely N-dealkylation sites (N-methyl/N-ethyl adjacent to an activating group) is 1. The summed E-state index contributed by atoms with van der Waals surface area (Å²) in [6.07, 6.45) is 3.12. The molecule has 0 saturated heterocycles. The first-order valence-corrected chi connectivity index (χ1v) is 7.74. The van der Waals surface area contributed by atoms with Crippen LogP contribution < -0.4 is 0 Å². The molecule has 0 aliphatic rings. The van der Waals surface area contributed by atoms with Crippen LogP contribution >= 0.6 is 11.8 Å². The van der Waals surface area contributed by atoms with E-state index in [9.17, 15) is 4.79 Å². The number of rotatable bonds is 7. The Morgan fingerprint density at radius 1 is 1.42 bits per heavy atom. The molecule has 1 aromatic carbocycles. The van der Waals surface area contributed by atoms with E-state index in [1.807, 2.05) is 7.05 Å². The average molecular weight is 276 g/mol. The number of hydrogen-bond acceptors (Lipinski definition) is 4. The molecule has 0 amide bonds. The quantitative estimate of drug-likeness (QED) is 0.718. The predicted molar refractivity (Wildman–Crippen MR) is 80.6 cm³/mol. The number of carbonyl (C=O) groups excluding carboxylic acids is 1. The molecule has 3 nitrogen and oxygen atoms in total. The Bertz CT molecular complexity index is 450. The molecule has 0 bridgehead atoms. The van der Waals surface area contributed by atoms with Gasteiger partial charge in [-0.1, -0.05) is 19.1 Å². The fraction of sp³-hybridized carbons (Fsp3) is 0.467. The summed E-state index contributed by atoms with van der Waals surface area (Å²) >= 11 is 1.80. The van der Waals surface area contributed by atoms with Crippen LogP contribution in [0.1, 0.15) is 29.3 Å². The molecule has 1 rings (SSSR count). The topological polar surface area (TPSA) is 44.1 Å². The minimum absolute atomic E-state index is 0.103. The molecule has 0 spiro atoms. The van der Waals surface area contributed by atoms with Gasteiger partial charge in [0.15, 0.2) is 5.78 Å². The summed E-state index contributed by atoms with van der Waals surface area (Å²) in [6, 6.07) is 9.31. The molecule has 1 atom stereocenters. The van der Waals surface area contributed by atoms with Crippen molar-refractivity contribution in [3.05, 3.63) is 35.4 Å². The molecule has 1 aromatic rings. The highest BCUT2D eigenvalue weighted by atomic mass is 32.2. The molecule has 0 radical (unpaired) electrons. The highest BCUT2D eigenvalue weighted by Gasteiger charge is 2.16. The van der Waals surface area contributed by atoms with Crippen molar-refractivity contribution in [2.75, 3.05) is 25.6 Å². The fourth-order valence-corrected chi connectivity index (χ4v) is 2.80. The lowest BCUT2D eigenvalue weighted by atomic mass is 10.1. The highest BCUT2D eigenvalue weighted by Crippen LogP contribution is 2.10. The summed E-state index contributed by atoms with van der Waals surface area (Å²) in [5, 5.41) is 8.73. The maximum absolute atomic E-state index is 12.1. The van der Waals surface area contributed by atoms with E-state index in [0.717, 1.165) is 12.2 Å². The van der Waals surface area contributed by atoms with E-state index in [1.54, 1.807) is 36.0 Å². The molecule has 0 aliphatic heterocycles. The van der Waals surface area contributed by atoms with Crippen molar-refractivity contribution in [3.63, 3.8) is 0 Å². The van der Waals surface area contributed by atoms with Crippen LogP contribution in [0.15, 0.2) is 24.3 Å². The van der Waals surface area contributed by atoms with Crippen LogP contribution in [0.25, 0.3) is 0 Å². The number of carbonyl (C=O) groups is 1. The van der Waals surface area contributed by atoms with Gasteiger partial charge in [0.2, 0.25) is 0 Å². The van der Waals surface area contributed by atoms with Gasteiger partial charge in [0.1, 0.15) is 0 Å². The van der Waals surface area contributed by atoms with E-state index < -0.39 is 0 Å². The number of hydrogen-bond donors (Lipinski definition) is 0. The Morgan fingerprint density at radius 2 is 2.05 bits per heavy atom. The maximum Gasteiger partial charge on any atom is 0.176 e. The van der Waals surface area contributed by atoms with E-state index in [2.05, 4.69) is 24.1 Å². The van der Waals surface area contributed by atoms with Gasteiger partial charge in [-0.3, -0.25) is 9.69 Å². The molecule has 102 valence electrons. The largest absolute Gasteiger partial charge is 0.295 e. The molecule has 0 aromatic heterocycles. The molecule has 4 heteroatoms.